The van der Waals surface area contributed by atoms with E-state index < -0.39 is 0 Å². The van der Waals surface area contributed by atoms with E-state index in [9.17, 15) is 5.11 Å². The number of hydrogen-bond acceptors (Lipinski definition) is 1. The van der Waals surface area contributed by atoms with E-state index in [1.807, 2.05) is 0 Å². The van der Waals surface area contributed by atoms with Crippen molar-refractivity contribution in [1.29, 1.82) is 0 Å². The molecule has 0 aromatic carbocycles. The lowest BCUT2D eigenvalue weighted by atomic mass is 10.1. The van der Waals surface area contributed by atoms with Gasteiger partial charge in [0.2, 0.25) is 0 Å². The fraction of sp³-hybridized carbons (Fsp3) is 1.00. The number of likely N-dealkylation sites (N-methyl/N-ethyl adjacent to an activating group) is 1. The fourth-order valence-corrected chi connectivity index (χ4v) is 5.42. The average molecular weight is 499 g/mol. The highest BCUT2D eigenvalue weighted by Crippen LogP contribution is 2.14. The highest BCUT2D eigenvalue weighted by atomic mass is 16.3. The Kier molecular flexibility index (Phi) is 23.0. The molecule has 1 atom stereocenters. The molecule has 0 amide bonds. The Hall–Kier alpha value is -0.120. The van der Waals surface area contributed by atoms with Gasteiger partial charge in [0, 0.05) is 6.42 Å². The molecule has 0 radical (unpaired) electrons. The van der Waals surface area contributed by atoms with Gasteiger partial charge in [-0.15, -0.1) is 0 Å². The van der Waals surface area contributed by atoms with Gasteiger partial charge in [-0.1, -0.05) is 117 Å². The number of rotatable bonds is 27. The van der Waals surface area contributed by atoms with Crippen LogP contribution in [0.25, 0.3) is 0 Å². The first-order valence-electron chi connectivity index (χ1n) is 16.0. The molecular formula is C32H70N2O+2. The number of quaternary nitrogens is 2. The van der Waals surface area contributed by atoms with Gasteiger partial charge >= 0.3 is 0 Å². The summed E-state index contributed by atoms with van der Waals surface area (Å²) in [4.78, 5) is 0. The molecular weight excluding hydrogens is 428 g/mol. The van der Waals surface area contributed by atoms with Crippen molar-refractivity contribution >= 4 is 0 Å². The zero-order valence-corrected chi connectivity index (χ0v) is 25.6. The van der Waals surface area contributed by atoms with Crippen molar-refractivity contribution in [3.05, 3.63) is 0 Å². The molecule has 0 fully saturated rings. The van der Waals surface area contributed by atoms with Crippen molar-refractivity contribution < 1.29 is 14.1 Å². The molecule has 0 saturated carbocycles. The Morgan fingerprint density at radius 2 is 0.743 bits per heavy atom. The van der Waals surface area contributed by atoms with Crippen LogP contribution < -0.4 is 0 Å². The summed E-state index contributed by atoms with van der Waals surface area (Å²) < 4.78 is 2.02. The minimum atomic E-state index is -0.168. The van der Waals surface area contributed by atoms with E-state index in [-0.39, 0.29) is 6.10 Å². The largest absolute Gasteiger partial charge is 0.387 e. The van der Waals surface area contributed by atoms with Crippen LogP contribution in [0.15, 0.2) is 0 Å². The summed E-state index contributed by atoms with van der Waals surface area (Å²) in [6.45, 7) is 9.02. The molecule has 0 rings (SSSR count). The van der Waals surface area contributed by atoms with Crippen LogP contribution in [0.1, 0.15) is 149 Å². The van der Waals surface area contributed by atoms with E-state index in [2.05, 4.69) is 42.0 Å². The summed E-state index contributed by atoms with van der Waals surface area (Å²) in [6.07, 6.45) is 28.7. The SMILES string of the molecule is CCCCCCCCCCCC[N+](C)(C)CCC(O)C[N+](C)(C)CCCCCCCCCCCC. The summed E-state index contributed by atoms with van der Waals surface area (Å²) in [6, 6.07) is 0. The topological polar surface area (TPSA) is 20.2 Å². The maximum Gasteiger partial charge on any atom is 0.108 e. The summed E-state index contributed by atoms with van der Waals surface area (Å²) in [7, 11) is 9.32. The summed E-state index contributed by atoms with van der Waals surface area (Å²) in [5, 5.41) is 10.7. The molecule has 3 nitrogen and oxygen atoms in total. The predicted octanol–water partition coefficient (Wildman–Crippen LogP) is 8.73. The van der Waals surface area contributed by atoms with Crippen molar-refractivity contribution in [3.63, 3.8) is 0 Å². The normalized spacial score (nSPS) is 13.5. The molecule has 3 heteroatoms. The summed E-state index contributed by atoms with van der Waals surface area (Å²) in [5.74, 6) is 0. The maximum absolute atomic E-state index is 10.7. The Morgan fingerprint density at radius 3 is 1.11 bits per heavy atom. The van der Waals surface area contributed by atoms with Gasteiger partial charge in [-0.2, -0.15) is 0 Å². The van der Waals surface area contributed by atoms with Gasteiger partial charge < -0.3 is 14.1 Å². The molecule has 0 bridgehead atoms. The van der Waals surface area contributed by atoms with E-state index in [1.54, 1.807) is 0 Å². The van der Waals surface area contributed by atoms with Crippen molar-refractivity contribution in [2.75, 3.05) is 54.4 Å². The smallest absolute Gasteiger partial charge is 0.108 e. The fourth-order valence-electron chi connectivity index (χ4n) is 5.42. The first kappa shape index (κ1) is 34.9. The lowest BCUT2D eigenvalue weighted by molar-refractivity contribution is -0.899. The standard InChI is InChI=1S/C32H70N2O/c1-7-9-11-13-15-17-19-21-23-25-28-33(3,4)30-27-32(35)31-34(5,6)29-26-24-22-20-18-16-14-12-10-8-2/h32,35H,7-31H2,1-6H3/q+2. The summed E-state index contributed by atoms with van der Waals surface area (Å²) in [5.41, 5.74) is 0. The van der Waals surface area contributed by atoms with Gasteiger partial charge in [0.15, 0.2) is 0 Å². The van der Waals surface area contributed by atoms with Crippen LogP contribution in [0.5, 0.6) is 0 Å². The number of aliphatic hydroxyl groups excluding tert-OH is 1. The third kappa shape index (κ3) is 25.3. The van der Waals surface area contributed by atoms with E-state index in [4.69, 9.17) is 0 Å². The van der Waals surface area contributed by atoms with Crippen molar-refractivity contribution in [2.45, 2.75) is 155 Å². The molecule has 1 unspecified atom stereocenters. The van der Waals surface area contributed by atoms with Crippen LogP contribution in [-0.4, -0.2) is 74.5 Å². The third-order valence-corrected chi connectivity index (χ3v) is 8.01. The van der Waals surface area contributed by atoms with Crippen molar-refractivity contribution in [1.82, 2.24) is 0 Å². The molecule has 0 aliphatic carbocycles. The van der Waals surface area contributed by atoms with Gasteiger partial charge in [-0.05, 0) is 25.7 Å². The lowest BCUT2D eigenvalue weighted by Crippen LogP contribution is -2.48. The first-order valence-corrected chi connectivity index (χ1v) is 16.0. The first-order chi connectivity index (χ1) is 16.7. The van der Waals surface area contributed by atoms with Crippen LogP contribution in [0, 0.1) is 0 Å². The Bertz CT molecular complexity index is 435. The second kappa shape index (κ2) is 23.0. The number of nitrogens with zero attached hydrogens (tertiary/aromatic N) is 2. The van der Waals surface area contributed by atoms with Gasteiger partial charge in [0.25, 0.3) is 0 Å². The Morgan fingerprint density at radius 1 is 0.429 bits per heavy atom. The quantitative estimate of drug-likeness (QED) is 0.0886. The van der Waals surface area contributed by atoms with E-state index in [1.165, 1.54) is 142 Å². The molecule has 0 heterocycles. The van der Waals surface area contributed by atoms with Gasteiger partial charge in [0.1, 0.15) is 12.6 Å². The zero-order valence-electron chi connectivity index (χ0n) is 25.6. The monoisotopic (exact) mass is 499 g/mol. The number of unbranched alkanes of at least 4 members (excludes halogenated alkanes) is 18. The molecule has 35 heavy (non-hydrogen) atoms. The third-order valence-electron chi connectivity index (χ3n) is 8.01. The second-order valence-corrected chi connectivity index (χ2v) is 13.0. The van der Waals surface area contributed by atoms with Crippen LogP contribution in [0.4, 0.5) is 0 Å². The second-order valence-electron chi connectivity index (χ2n) is 13.0. The predicted molar refractivity (Wildman–Crippen MR) is 158 cm³/mol. The minimum absolute atomic E-state index is 0.168. The van der Waals surface area contributed by atoms with Crippen LogP contribution >= 0.6 is 0 Å². The highest BCUT2D eigenvalue weighted by molar-refractivity contribution is 4.56. The van der Waals surface area contributed by atoms with E-state index >= 15 is 0 Å². The van der Waals surface area contributed by atoms with Crippen LogP contribution in [0.2, 0.25) is 0 Å². The lowest BCUT2D eigenvalue weighted by Gasteiger charge is -2.34. The Labute approximate surface area is 223 Å². The van der Waals surface area contributed by atoms with E-state index in [0.717, 1.165) is 28.5 Å². The van der Waals surface area contributed by atoms with Gasteiger partial charge in [-0.25, -0.2) is 0 Å². The van der Waals surface area contributed by atoms with Gasteiger partial charge in [0.05, 0.1) is 47.8 Å². The molecule has 0 aromatic heterocycles. The number of aliphatic hydroxyl groups is 1. The molecule has 0 aromatic rings. The minimum Gasteiger partial charge on any atom is -0.387 e. The molecule has 1 N–H and O–H groups in total. The molecule has 0 aliphatic rings. The maximum atomic E-state index is 10.7. The highest BCUT2D eigenvalue weighted by Gasteiger charge is 2.23. The molecule has 212 valence electrons. The van der Waals surface area contributed by atoms with Crippen molar-refractivity contribution in [2.24, 2.45) is 0 Å². The van der Waals surface area contributed by atoms with Gasteiger partial charge in [-0.3, -0.25) is 0 Å². The molecule has 0 spiro atoms. The van der Waals surface area contributed by atoms with Crippen LogP contribution in [-0.2, 0) is 0 Å². The molecule has 0 aliphatic heterocycles. The molecule has 0 saturated heterocycles. The average Bonchev–Trinajstić information content (AvgIpc) is 2.80. The van der Waals surface area contributed by atoms with Crippen LogP contribution in [0.3, 0.4) is 0 Å². The zero-order chi connectivity index (χ0) is 26.3. The van der Waals surface area contributed by atoms with Crippen molar-refractivity contribution in [3.8, 4) is 0 Å². The Balaban J connectivity index is 3.74. The summed E-state index contributed by atoms with van der Waals surface area (Å²) >= 11 is 0. The number of hydrogen-bond donors (Lipinski definition) is 1. The van der Waals surface area contributed by atoms with E-state index in [0.29, 0.717) is 0 Å².